The van der Waals surface area contributed by atoms with Crippen LogP contribution in [0.2, 0.25) is 0 Å². The predicted molar refractivity (Wildman–Crippen MR) is 107 cm³/mol. The van der Waals surface area contributed by atoms with E-state index in [1.807, 2.05) is 0 Å². The minimum Gasteiger partial charge on any atom is -0.330 e. The van der Waals surface area contributed by atoms with Crippen molar-refractivity contribution in [2.75, 3.05) is 11.9 Å². The van der Waals surface area contributed by atoms with Gasteiger partial charge in [0, 0.05) is 30.5 Å². The molecular weight excluding hydrogens is 392 g/mol. The van der Waals surface area contributed by atoms with Crippen molar-refractivity contribution in [1.82, 2.24) is 15.4 Å². The van der Waals surface area contributed by atoms with Gasteiger partial charge in [0.25, 0.3) is 0 Å². The van der Waals surface area contributed by atoms with Crippen LogP contribution in [0.25, 0.3) is 0 Å². The largest absolute Gasteiger partial charge is 0.330 e. The number of carbonyl (C=O) groups excluding carboxylic acids is 3. The fourth-order valence-corrected chi connectivity index (χ4v) is 5.49. The van der Waals surface area contributed by atoms with Crippen molar-refractivity contribution in [3.63, 3.8) is 0 Å². The van der Waals surface area contributed by atoms with Gasteiger partial charge >= 0.3 is 0 Å². The zero-order chi connectivity index (χ0) is 20.4. The van der Waals surface area contributed by atoms with Gasteiger partial charge in [0.05, 0.1) is 0 Å². The lowest BCUT2D eigenvalue weighted by Gasteiger charge is -2.29. The zero-order valence-electron chi connectivity index (χ0n) is 16.4. The monoisotopic (exact) mass is 420 g/mol. The van der Waals surface area contributed by atoms with E-state index in [4.69, 9.17) is 5.21 Å². The molecule has 0 bridgehead atoms. The number of amides is 3. The van der Waals surface area contributed by atoms with Crippen LogP contribution in [0.3, 0.4) is 0 Å². The van der Waals surface area contributed by atoms with Crippen molar-refractivity contribution in [2.45, 2.75) is 63.8 Å². The molecule has 3 amide bonds. The van der Waals surface area contributed by atoms with E-state index in [0.29, 0.717) is 30.4 Å². The molecular formula is C20H28N4O4S. The van der Waals surface area contributed by atoms with E-state index in [1.54, 1.807) is 22.0 Å². The van der Waals surface area contributed by atoms with Gasteiger partial charge in [-0.1, -0.05) is 25.7 Å². The average Bonchev–Trinajstić information content (AvgIpc) is 3.13. The number of anilines is 1. The highest BCUT2D eigenvalue weighted by Gasteiger charge is 2.55. The van der Waals surface area contributed by atoms with Gasteiger partial charge < -0.3 is 10.2 Å². The van der Waals surface area contributed by atoms with Gasteiger partial charge in [-0.25, -0.2) is 10.5 Å². The molecule has 4 rings (SSSR count). The Hall–Kier alpha value is -2.00. The molecule has 1 spiro atoms. The van der Waals surface area contributed by atoms with Crippen LogP contribution in [-0.4, -0.2) is 45.4 Å². The number of nitrogens with zero attached hydrogens (tertiary/aromatic N) is 2. The highest BCUT2D eigenvalue weighted by Crippen LogP contribution is 2.55. The number of thiazole rings is 1. The molecule has 29 heavy (non-hydrogen) atoms. The Kier molecular flexibility index (Phi) is 5.87. The minimum absolute atomic E-state index is 0.0455. The van der Waals surface area contributed by atoms with Crippen molar-refractivity contribution in [1.29, 1.82) is 0 Å². The van der Waals surface area contributed by atoms with E-state index in [1.165, 1.54) is 11.3 Å². The van der Waals surface area contributed by atoms with E-state index < -0.39 is 17.9 Å². The number of aromatic nitrogens is 1. The highest BCUT2D eigenvalue weighted by atomic mass is 32.1. The predicted octanol–water partition coefficient (Wildman–Crippen LogP) is 2.55. The van der Waals surface area contributed by atoms with Gasteiger partial charge in [0.2, 0.25) is 17.7 Å². The zero-order valence-corrected chi connectivity index (χ0v) is 17.2. The highest BCUT2D eigenvalue weighted by molar-refractivity contribution is 7.13. The lowest BCUT2D eigenvalue weighted by molar-refractivity contribution is -0.144. The summed E-state index contributed by atoms with van der Waals surface area (Å²) in [5.74, 6) is -0.970. The Balaban J connectivity index is 1.50. The van der Waals surface area contributed by atoms with Crippen LogP contribution in [-0.2, 0) is 14.4 Å². The van der Waals surface area contributed by atoms with Crippen molar-refractivity contribution in [3.05, 3.63) is 11.6 Å². The first-order valence-corrected chi connectivity index (χ1v) is 11.3. The number of hydroxylamine groups is 1. The Labute approximate surface area is 174 Å². The first-order chi connectivity index (χ1) is 14.0. The minimum atomic E-state index is -0.550. The number of hydrogen-bond acceptors (Lipinski definition) is 6. The van der Waals surface area contributed by atoms with Crippen LogP contribution >= 0.6 is 11.3 Å². The first-order valence-electron chi connectivity index (χ1n) is 10.4. The van der Waals surface area contributed by atoms with Gasteiger partial charge in [-0.05, 0) is 37.0 Å². The van der Waals surface area contributed by atoms with Crippen molar-refractivity contribution >= 4 is 34.2 Å². The van der Waals surface area contributed by atoms with Crippen molar-refractivity contribution in [2.24, 2.45) is 17.3 Å². The topological polar surface area (TPSA) is 112 Å². The number of nitrogens with one attached hydrogen (secondary N) is 2. The molecule has 1 saturated heterocycles. The van der Waals surface area contributed by atoms with Crippen LogP contribution in [0.4, 0.5) is 5.13 Å². The molecule has 1 aliphatic heterocycles. The first kappa shape index (κ1) is 20.3. The molecule has 3 aliphatic rings. The van der Waals surface area contributed by atoms with E-state index >= 15 is 0 Å². The molecule has 1 aromatic heterocycles. The van der Waals surface area contributed by atoms with Crippen LogP contribution in [0.5, 0.6) is 0 Å². The van der Waals surface area contributed by atoms with Crippen LogP contribution in [0.1, 0.15) is 57.8 Å². The summed E-state index contributed by atoms with van der Waals surface area (Å²) in [5, 5.41) is 14.1. The maximum absolute atomic E-state index is 13.5. The Bertz CT molecular complexity index is 759. The molecule has 2 atom stereocenters. The SMILES string of the molecule is O=C(C[C@@H](CC1CCCC1)C(=O)N1CC2(CC2)C[C@H]1C(=O)Nc1nccs1)NO. The van der Waals surface area contributed by atoms with Crippen LogP contribution in [0.15, 0.2) is 11.6 Å². The van der Waals surface area contributed by atoms with E-state index in [9.17, 15) is 14.4 Å². The van der Waals surface area contributed by atoms with Crippen LogP contribution < -0.4 is 10.8 Å². The third kappa shape index (κ3) is 4.61. The summed E-state index contributed by atoms with van der Waals surface area (Å²) in [5.41, 5.74) is 1.72. The molecule has 8 nitrogen and oxygen atoms in total. The summed E-state index contributed by atoms with van der Waals surface area (Å²) in [4.78, 5) is 44.1. The van der Waals surface area contributed by atoms with Gasteiger partial charge in [0.1, 0.15) is 6.04 Å². The smallest absolute Gasteiger partial charge is 0.248 e. The summed E-state index contributed by atoms with van der Waals surface area (Å²) in [7, 11) is 0. The number of likely N-dealkylation sites (tertiary alicyclic amines) is 1. The Morgan fingerprint density at radius 1 is 1.31 bits per heavy atom. The average molecular weight is 421 g/mol. The standard InChI is InChI=1S/C20H28N4O4S/c25-16(23-28)10-14(9-13-3-1-2-4-13)18(27)24-12-20(5-6-20)11-15(24)17(26)22-19-21-7-8-29-19/h7-8,13-15,28H,1-6,9-12H2,(H,23,25)(H,21,22,26)/t14-,15+/m1/s1. The Morgan fingerprint density at radius 3 is 2.69 bits per heavy atom. The molecule has 2 heterocycles. The fourth-order valence-electron chi connectivity index (χ4n) is 4.96. The molecule has 2 saturated carbocycles. The summed E-state index contributed by atoms with van der Waals surface area (Å²) in [6.07, 6.45) is 9.40. The van der Waals surface area contributed by atoms with Crippen LogP contribution in [0, 0.1) is 17.3 Å². The normalized spacial score (nSPS) is 23.9. The quantitative estimate of drug-likeness (QED) is 0.464. The molecule has 9 heteroatoms. The number of carbonyl (C=O) groups is 3. The molecule has 3 fully saturated rings. The number of rotatable bonds is 7. The summed E-state index contributed by atoms with van der Waals surface area (Å²) in [6, 6.07) is -0.530. The second-order valence-electron chi connectivity index (χ2n) is 8.83. The van der Waals surface area contributed by atoms with Gasteiger partial charge in [-0.15, -0.1) is 11.3 Å². The summed E-state index contributed by atoms with van der Waals surface area (Å²) < 4.78 is 0. The third-order valence-corrected chi connectivity index (χ3v) is 7.40. The maximum atomic E-state index is 13.5. The fraction of sp³-hybridized carbons (Fsp3) is 0.700. The molecule has 0 radical (unpaired) electrons. The lowest BCUT2D eigenvalue weighted by atomic mass is 9.89. The summed E-state index contributed by atoms with van der Waals surface area (Å²) in [6.45, 7) is 0.573. The van der Waals surface area contributed by atoms with Crippen molar-refractivity contribution in [3.8, 4) is 0 Å². The van der Waals surface area contributed by atoms with Gasteiger partial charge in [-0.2, -0.15) is 0 Å². The third-order valence-electron chi connectivity index (χ3n) is 6.71. The molecule has 0 aromatic carbocycles. The van der Waals surface area contributed by atoms with E-state index in [-0.39, 0.29) is 23.7 Å². The lowest BCUT2D eigenvalue weighted by Crippen LogP contribution is -2.46. The number of hydrogen-bond donors (Lipinski definition) is 3. The Morgan fingerprint density at radius 2 is 2.07 bits per heavy atom. The second kappa shape index (κ2) is 8.39. The summed E-state index contributed by atoms with van der Waals surface area (Å²) >= 11 is 1.35. The molecule has 0 unspecified atom stereocenters. The van der Waals surface area contributed by atoms with Crippen molar-refractivity contribution < 1.29 is 19.6 Å². The second-order valence-corrected chi connectivity index (χ2v) is 9.73. The van der Waals surface area contributed by atoms with Gasteiger partial charge in [0.15, 0.2) is 5.13 Å². The molecule has 2 aliphatic carbocycles. The molecule has 1 aromatic rings. The van der Waals surface area contributed by atoms with Gasteiger partial charge in [-0.3, -0.25) is 19.6 Å². The molecule has 3 N–H and O–H groups in total. The maximum Gasteiger partial charge on any atom is 0.248 e. The van der Waals surface area contributed by atoms with E-state index in [0.717, 1.165) is 38.5 Å². The molecule has 158 valence electrons. The van der Waals surface area contributed by atoms with E-state index in [2.05, 4.69) is 10.3 Å².